The summed E-state index contributed by atoms with van der Waals surface area (Å²) in [5.74, 6) is 0.147. The van der Waals surface area contributed by atoms with Crippen LogP contribution in [0.3, 0.4) is 0 Å². The van der Waals surface area contributed by atoms with Crippen molar-refractivity contribution in [2.45, 2.75) is 44.3 Å². The maximum absolute atomic E-state index is 11.5. The lowest BCUT2D eigenvalue weighted by Crippen LogP contribution is -2.28. The molecule has 0 radical (unpaired) electrons. The monoisotopic (exact) mass is 715 g/mol. The van der Waals surface area contributed by atoms with Gasteiger partial charge in [0.25, 0.3) is 5.24 Å². The van der Waals surface area contributed by atoms with E-state index in [1.165, 1.54) is 0 Å². The van der Waals surface area contributed by atoms with Crippen molar-refractivity contribution in [1.29, 1.82) is 0 Å². The Balaban J connectivity index is 0.000000137. The fourth-order valence-corrected chi connectivity index (χ4v) is 6.96. The zero-order valence-electron chi connectivity index (χ0n) is 26.7. The number of hydrogen-bond acceptors (Lipinski definition) is 13. The van der Waals surface area contributed by atoms with Gasteiger partial charge in [-0.1, -0.05) is 90.8 Å². The molecule has 2 amide bonds. The van der Waals surface area contributed by atoms with E-state index in [-0.39, 0.29) is 33.7 Å². The second-order valence-corrected chi connectivity index (χ2v) is 13.8. The van der Waals surface area contributed by atoms with Crippen molar-refractivity contribution >= 4 is 95.7 Å². The van der Waals surface area contributed by atoms with Crippen LogP contribution in [0.5, 0.6) is 0 Å². The van der Waals surface area contributed by atoms with Crippen LogP contribution in [0, 0.1) is 0 Å². The van der Waals surface area contributed by atoms with Crippen LogP contribution >= 0.6 is 23.5 Å². The number of fused-ring (bicyclic) bond motifs is 3. The third-order valence-corrected chi connectivity index (χ3v) is 10.1. The Morgan fingerprint density at radius 3 is 1.80 bits per heavy atom. The first-order chi connectivity index (χ1) is 24.0. The van der Waals surface area contributed by atoms with Crippen LogP contribution in [0.4, 0.5) is 4.79 Å². The Morgan fingerprint density at radius 2 is 1.34 bits per heavy atom. The number of thioether (sulfide) groups is 2. The van der Waals surface area contributed by atoms with E-state index in [1.807, 2.05) is 36.4 Å². The summed E-state index contributed by atoms with van der Waals surface area (Å²) in [5, 5.41) is 29.9. The standard InChI is InChI=1S/C13H13BO4S.C9H9BO2.C8H7BO3.C3H3NO2S/c15-11-6-13(16)19-12(11)4-2-8-1-3-9-7-18-14(17)10(9)5-8;1-2-7-3-4-8-6-12-10(11)9(8)5-7;10-4-6-1-2-7-5-12-9(11)8(7)3-6;5-2-1-7-3(6)4-2/h1,3,5,12,17H,2,4,6-7H2;2-5,11H,1,6H2;1-4,11H,5H2;1H2,(H,4,5,6). The molecule has 1 atom stereocenters. The summed E-state index contributed by atoms with van der Waals surface area (Å²) in [5.41, 5.74) is 8.07. The van der Waals surface area contributed by atoms with Crippen molar-refractivity contribution in [3.8, 4) is 0 Å². The van der Waals surface area contributed by atoms with Crippen molar-refractivity contribution < 1.29 is 53.0 Å². The molecule has 0 aromatic heterocycles. The number of hydrogen-bond donors (Lipinski definition) is 4. The molecule has 0 bridgehead atoms. The van der Waals surface area contributed by atoms with Gasteiger partial charge < -0.3 is 29.0 Å². The van der Waals surface area contributed by atoms with Gasteiger partial charge in [0.15, 0.2) is 10.9 Å². The number of carbonyl (C=O) groups is 5. The van der Waals surface area contributed by atoms with Crippen LogP contribution in [0.1, 0.15) is 51.0 Å². The third-order valence-electron chi connectivity index (χ3n) is 8.13. The second kappa shape index (κ2) is 17.4. The normalized spacial score (nSPS) is 18.2. The van der Waals surface area contributed by atoms with E-state index >= 15 is 0 Å². The lowest BCUT2D eigenvalue weighted by atomic mass is 9.78. The summed E-state index contributed by atoms with van der Waals surface area (Å²) < 4.78 is 15.1. The quantitative estimate of drug-likeness (QED) is 0.164. The van der Waals surface area contributed by atoms with E-state index < -0.39 is 21.4 Å². The number of ketones is 1. The molecule has 5 heterocycles. The van der Waals surface area contributed by atoms with Crippen molar-refractivity contribution in [1.82, 2.24) is 5.32 Å². The summed E-state index contributed by atoms with van der Waals surface area (Å²) in [6.45, 7) is 5.04. The second-order valence-electron chi connectivity index (χ2n) is 11.5. The van der Waals surface area contributed by atoms with Gasteiger partial charge in [0.1, 0.15) is 6.29 Å². The molecule has 17 heteroatoms. The first-order valence-corrected chi connectivity index (χ1v) is 17.4. The third kappa shape index (κ3) is 9.71. The Kier molecular flexibility index (Phi) is 13.1. The SMILES string of the molecule is C=Cc1ccc2c(c1)B(O)OC2.O=C1CC(=O)C(CCc2ccc3c(c2)B(O)OC3)S1.O=C1CSC(=O)N1.O=Cc1ccc2c(c1)B(O)OC2. The first kappa shape index (κ1) is 37.5. The topological polar surface area (TPSA) is 186 Å². The van der Waals surface area contributed by atoms with Gasteiger partial charge in [-0.05, 0) is 57.0 Å². The highest BCUT2D eigenvalue weighted by molar-refractivity contribution is 8.15. The summed E-state index contributed by atoms with van der Waals surface area (Å²) in [6, 6.07) is 16.9. The van der Waals surface area contributed by atoms with E-state index in [0.29, 0.717) is 43.0 Å². The van der Waals surface area contributed by atoms with E-state index in [0.717, 1.165) is 75.0 Å². The molecule has 0 aliphatic carbocycles. The molecule has 5 aliphatic heterocycles. The number of imide groups is 1. The molecule has 12 nitrogen and oxygen atoms in total. The lowest BCUT2D eigenvalue weighted by molar-refractivity contribution is -0.121. The predicted molar refractivity (Wildman–Crippen MR) is 192 cm³/mol. The van der Waals surface area contributed by atoms with Crippen molar-refractivity contribution in [2.75, 3.05) is 5.75 Å². The van der Waals surface area contributed by atoms with Gasteiger partial charge in [0, 0.05) is 5.56 Å². The van der Waals surface area contributed by atoms with Gasteiger partial charge in [0.05, 0.1) is 37.2 Å². The molecule has 1 unspecified atom stereocenters. The molecule has 4 N–H and O–H groups in total. The minimum absolute atomic E-state index is 0.0206. The highest BCUT2D eigenvalue weighted by Gasteiger charge is 2.32. The lowest BCUT2D eigenvalue weighted by Gasteiger charge is -2.07. The number of rotatable bonds is 5. The summed E-state index contributed by atoms with van der Waals surface area (Å²) in [4.78, 5) is 53.3. The molecule has 3 aromatic carbocycles. The summed E-state index contributed by atoms with van der Waals surface area (Å²) >= 11 is 2.16. The van der Waals surface area contributed by atoms with Gasteiger partial charge in [-0.2, -0.15) is 0 Å². The first-order valence-electron chi connectivity index (χ1n) is 15.6. The molecule has 2 saturated heterocycles. The zero-order valence-corrected chi connectivity index (χ0v) is 28.4. The molecular formula is C33H32B3NO11S2. The number of nitrogens with one attached hydrogen (secondary N) is 1. The van der Waals surface area contributed by atoms with Crippen LogP contribution in [-0.2, 0) is 54.6 Å². The number of Topliss-reactive ketones (excluding diaryl/α,β-unsaturated/α-hetero) is 1. The van der Waals surface area contributed by atoms with E-state index in [4.69, 9.17) is 14.0 Å². The molecule has 0 saturated carbocycles. The van der Waals surface area contributed by atoms with Gasteiger partial charge in [-0.15, -0.1) is 0 Å². The van der Waals surface area contributed by atoms with E-state index in [1.54, 1.807) is 24.3 Å². The van der Waals surface area contributed by atoms with Gasteiger partial charge >= 0.3 is 21.4 Å². The average molecular weight is 715 g/mol. The largest absolute Gasteiger partial charge is 0.491 e. The molecular weight excluding hydrogens is 683 g/mol. The van der Waals surface area contributed by atoms with Crippen LogP contribution in [0.25, 0.3) is 6.08 Å². The Labute approximate surface area is 297 Å². The van der Waals surface area contributed by atoms with E-state index in [2.05, 4.69) is 11.9 Å². The molecule has 0 spiro atoms. The molecule has 256 valence electrons. The maximum Gasteiger partial charge on any atom is 0.491 e. The minimum Gasteiger partial charge on any atom is -0.423 e. The van der Waals surface area contributed by atoms with Crippen LogP contribution in [0.15, 0.2) is 61.2 Å². The number of aldehydes is 1. The highest BCUT2D eigenvalue weighted by Crippen LogP contribution is 2.28. The summed E-state index contributed by atoms with van der Waals surface area (Å²) in [7, 11) is -2.45. The molecule has 8 rings (SSSR count). The minimum atomic E-state index is -0.861. The van der Waals surface area contributed by atoms with Crippen molar-refractivity contribution in [2.24, 2.45) is 0 Å². The number of aryl methyl sites for hydroxylation is 1. The Morgan fingerprint density at radius 1 is 0.800 bits per heavy atom. The number of carbonyl (C=O) groups excluding carboxylic acids is 5. The number of amides is 2. The smallest absolute Gasteiger partial charge is 0.423 e. The summed E-state index contributed by atoms with van der Waals surface area (Å²) in [6.07, 6.45) is 3.99. The van der Waals surface area contributed by atoms with E-state index in [9.17, 15) is 39.0 Å². The van der Waals surface area contributed by atoms with Crippen LogP contribution in [-0.4, -0.2) is 75.8 Å². The highest BCUT2D eigenvalue weighted by atomic mass is 32.2. The molecule has 3 aromatic rings. The fourth-order valence-electron chi connectivity index (χ4n) is 5.44. The zero-order chi connectivity index (χ0) is 35.8. The molecule has 5 aliphatic rings. The van der Waals surface area contributed by atoms with Crippen LogP contribution < -0.4 is 21.7 Å². The maximum atomic E-state index is 11.5. The molecule has 50 heavy (non-hydrogen) atoms. The molecule has 2 fully saturated rings. The van der Waals surface area contributed by atoms with Gasteiger partial charge in [-0.25, -0.2) is 0 Å². The van der Waals surface area contributed by atoms with Gasteiger partial charge in [0.2, 0.25) is 5.91 Å². The Bertz CT molecular complexity index is 1730. The van der Waals surface area contributed by atoms with Crippen LogP contribution in [0.2, 0.25) is 0 Å². The number of benzene rings is 3. The fraction of sp³-hybridized carbons (Fsp3) is 0.242. The van der Waals surface area contributed by atoms with Crippen molar-refractivity contribution in [3.63, 3.8) is 0 Å². The van der Waals surface area contributed by atoms with Gasteiger partial charge in [-0.3, -0.25) is 29.3 Å². The average Bonchev–Trinajstić information content (AvgIpc) is 3.95. The van der Waals surface area contributed by atoms with Crippen molar-refractivity contribution in [3.05, 3.63) is 94.6 Å². The predicted octanol–water partition coefficient (Wildman–Crippen LogP) is 0.672. The Hall–Kier alpha value is -3.80.